The molecule has 0 saturated carbocycles. The van der Waals surface area contributed by atoms with Gasteiger partial charge in [0.15, 0.2) is 0 Å². The van der Waals surface area contributed by atoms with Crippen LogP contribution in [0.25, 0.3) is 0 Å². The molecule has 18 heavy (non-hydrogen) atoms. The Morgan fingerprint density at radius 2 is 2.11 bits per heavy atom. The van der Waals surface area contributed by atoms with E-state index in [4.69, 9.17) is 0 Å². The topological polar surface area (TPSA) is 28.2 Å². The van der Waals surface area contributed by atoms with Crippen LogP contribution in [-0.4, -0.2) is 35.6 Å². The number of hydrogen-bond acceptors (Lipinski definition) is 4. The number of nitrogens with one attached hydrogen (secondary N) is 1. The maximum absolute atomic E-state index is 4.21. The molecule has 1 fully saturated rings. The molecule has 102 valence electrons. The molecule has 1 atom stereocenters. The fraction of sp³-hybridized carbons (Fsp3) is 0.786. The standard InChI is InChI=1S/C14H25N3S/c1-11(2)17(9-13-4-6-15-7-5-13)12(3)14-8-16-10-18-14/h8,10-13,15H,4-7,9H2,1-3H3. The molecule has 1 aliphatic rings. The lowest BCUT2D eigenvalue weighted by atomic mass is 9.96. The van der Waals surface area contributed by atoms with E-state index >= 15 is 0 Å². The summed E-state index contributed by atoms with van der Waals surface area (Å²) in [5.74, 6) is 0.851. The summed E-state index contributed by atoms with van der Waals surface area (Å²) in [6, 6.07) is 1.09. The highest BCUT2D eigenvalue weighted by molar-refractivity contribution is 7.09. The van der Waals surface area contributed by atoms with E-state index in [1.165, 1.54) is 37.4 Å². The molecule has 1 unspecified atom stereocenters. The predicted octanol–water partition coefficient (Wildman–Crippen LogP) is 2.91. The zero-order chi connectivity index (χ0) is 13.0. The van der Waals surface area contributed by atoms with E-state index in [1.54, 1.807) is 11.3 Å². The molecule has 0 spiro atoms. The highest BCUT2D eigenvalue weighted by Gasteiger charge is 2.24. The van der Waals surface area contributed by atoms with E-state index in [0.717, 1.165) is 5.92 Å². The molecule has 1 saturated heterocycles. The van der Waals surface area contributed by atoms with E-state index in [0.29, 0.717) is 12.1 Å². The first-order valence-electron chi connectivity index (χ1n) is 7.03. The molecular formula is C14H25N3S. The number of aromatic nitrogens is 1. The maximum atomic E-state index is 4.21. The Balaban J connectivity index is 1.98. The number of piperidine rings is 1. The fourth-order valence-electron chi connectivity index (χ4n) is 2.77. The average Bonchev–Trinajstić information content (AvgIpc) is 2.90. The third kappa shape index (κ3) is 3.53. The lowest BCUT2D eigenvalue weighted by Gasteiger charge is -2.36. The van der Waals surface area contributed by atoms with Gasteiger partial charge >= 0.3 is 0 Å². The molecule has 1 N–H and O–H groups in total. The molecule has 0 aromatic carbocycles. The van der Waals surface area contributed by atoms with Crippen molar-refractivity contribution in [3.8, 4) is 0 Å². The van der Waals surface area contributed by atoms with Gasteiger partial charge in [-0.25, -0.2) is 0 Å². The second-order valence-corrected chi connectivity index (χ2v) is 6.48. The molecular weight excluding hydrogens is 242 g/mol. The smallest absolute Gasteiger partial charge is 0.0794 e. The van der Waals surface area contributed by atoms with Gasteiger partial charge in [0.05, 0.1) is 5.51 Å². The third-order valence-corrected chi connectivity index (χ3v) is 4.90. The van der Waals surface area contributed by atoms with Crippen molar-refractivity contribution in [3.05, 3.63) is 16.6 Å². The van der Waals surface area contributed by atoms with Gasteiger partial charge in [0.25, 0.3) is 0 Å². The molecule has 0 aliphatic carbocycles. The Kier molecular flexibility index (Phi) is 5.15. The van der Waals surface area contributed by atoms with Crippen LogP contribution in [0.3, 0.4) is 0 Å². The van der Waals surface area contributed by atoms with E-state index in [2.05, 4.69) is 36.0 Å². The van der Waals surface area contributed by atoms with Crippen molar-refractivity contribution in [2.45, 2.75) is 45.7 Å². The van der Waals surface area contributed by atoms with Crippen molar-refractivity contribution < 1.29 is 0 Å². The summed E-state index contributed by atoms with van der Waals surface area (Å²) >= 11 is 1.77. The van der Waals surface area contributed by atoms with Gasteiger partial charge in [0, 0.05) is 29.7 Å². The van der Waals surface area contributed by atoms with Gasteiger partial charge in [0.2, 0.25) is 0 Å². The summed E-state index contributed by atoms with van der Waals surface area (Å²) in [6.45, 7) is 10.5. The third-order valence-electron chi connectivity index (χ3n) is 3.95. The Labute approximate surface area is 115 Å². The van der Waals surface area contributed by atoms with Crippen molar-refractivity contribution in [1.82, 2.24) is 15.2 Å². The van der Waals surface area contributed by atoms with Gasteiger partial charge in [-0.2, -0.15) is 0 Å². The first kappa shape index (κ1) is 14.0. The minimum absolute atomic E-state index is 0.493. The molecule has 1 aromatic heterocycles. The Morgan fingerprint density at radius 1 is 1.39 bits per heavy atom. The van der Waals surface area contributed by atoms with Gasteiger partial charge in [0.1, 0.15) is 0 Å². The highest BCUT2D eigenvalue weighted by Crippen LogP contribution is 2.27. The second kappa shape index (κ2) is 6.64. The van der Waals surface area contributed by atoms with Crippen LogP contribution in [-0.2, 0) is 0 Å². The van der Waals surface area contributed by atoms with Crippen LogP contribution >= 0.6 is 11.3 Å². The van der Waals surface area contributed by atoms with Gasteiger partial charge < -0.3 is 5.32 Å². The van der Waals surface area contributed by atoms with Crippen LogP contribution in [0.15, 0.2) is 11.7 Å². The summed E-state index contributed by atoms with van der Waals surface area (Å²) in [4.78, 5) is 8.23. The zero-order valence-electron chi connectivity index (χ0n) is 11.7. The predicted molar refractivity (Wildman–Crippen MR) is 78.0 cm³/mol. The molecule has 3 nitrogen and oxygen atoms in total. The van der Waals surface area contributed by atoms with Gasteiger partial charge in [-0.1, -0.05) is 0 Å². The summed E-state index contributed by atoms with van der Waals surface area (Å²) in [6.07, 6.45) is 4.66. The minimum Gasteiger partial charge on any atom is -0.317 e. The average molecular weight is 267 g/mol. The summed E-state index contributed by atoms with van der Waals surface area (Å²) < 4.78 is 0. The summed E-state index contributed by atoms with van der Waals surface area (Å²) in [7, 11) is 0. The fourth-order valence-corrected chi connectivity index (χ4v) is 3.47. The lowest BCUT2D eigenvalue weighted by molar-refractivity contribution is 0.126. The van der Waals surface area contributed by atoms with Gasteiger partial charge in [-0.05, 0) is 52.6 Å². The number of nitrogens with zero attached hydrogens (tertiary/aromatic N) is 2. The quantitative estimate of drug-likeness (QED) is 0.889. The van der Waals surface area contributed by atoms with Gasteiger partial charge in [-0.3, -0.25) is 9.88 Å². The number of hydrogen-bond donors (Lipinski definition) is 1. The molecule has 0 radical (unpaired) electrons. The molecule has 1 aliphatic heterocycles. The van der Waals surface area contributed by atoms with Crippen molar-refractivity contribution >= 4 is 11.3 Å². The van der Waals surface area contributed by atoms with Crippen molar-refractivity contribution in [2.75, 3.05) is 19.6 Å². The lowest BCUT2D eigenvalue weighted by Crippen LogP contribution is -2.40. The van der Waals surface area contributed by atoms with Crippen LogP contribution in [0.4, 0.5) is 0 Å². The summed E-state index contributed by atoms with van der Waals surface area (Å²) in [5, 5.41) is 3.45. The Morgan fingerprint density at radius 3 is 2.67 bits per heavy atom. The normalized spacial score (nSPS) is 19.6. The first-order chi connectivity index (χ1) is 8.68. The van der Waals surface area contributed by atoms with Crippen molar-refractivity contribution in [1.29, 1.82) is 0 Å². The van der Waals surface area contributed by atoms with E-state index in [-0.39, 0.29) is 0 Å². The van der Waals surface area contributed by atoms with E-state index < -0.39 is 0 Å². The minimum atomic E-state index is 0.493. The largest absolute Gasteiger partial charge is 0.317 e. The molecule has 2 rings (SSSR count). The zero-order valence-corrected chi connectivity index (χ0v) is 12.5. The monoisotopic (exact) mass is 267 g/mol. The number of rotatable bonds is 5. The van der Waals surface area contributed by atoms with Crippen LogP contribution in [0.5, 0.6) is 0 Å². The van der Waals surface area contributed by atoms with Crippen LogP contribution in [0, 0.1) is 5.92 Å². The van der Waals surface area contributed by atoms with Crippen molar-refractivity contribution in [3.63, 3.8) is 0 Å². The molecule has 1 aromatic rings. The van der Waals surface area contributed by atoms with Gasteiger partial charge in [-0.15, -0.1) is 11.3 Å². The first-order valence-corrected chi connectivity index (χ1v) is 7.91. The Hall–Kier alpha value is -0.450. The van der Waals surface area contributed by atoms with Crippen LogP contribution in [0.1, 0.15) is 44.5 Å². The number of thiazole rings is 1. The highest BCUT2D eigenvalue weighted by atomic mass is 32.1. The molecule has 0 bridgehead atoms. The summed E-state index contributed by atoms with van der Waals surface area (Å²) in [5.41, 5.74) is 1.94. The van der Waals surface area contributed by atoms with E-state index in [9.17, 15) is 0 Å². The van der Waals surface area contributed by atoms with Crippen LogP contribution in [0.2, 0.25) is 0 Å². The van der Waals surface area contributed by atoms with E-state index in [1.807, 2.05) is 11.7 Å². The molecule has 0 amide bonds. The maximum Gasteiger partial charge on any atom is 0.0794 e. The molecule has 2 heterocycles. The SMILES string of the molecule is CC(C)N(CC1CCNCC1)C(C)c1cncs1. The second-order valence-electron chi connectivity index (χ2n) is 5.56. The van der Waals surface area contributed by atoms with Crippen molar-refractivity contribution in [2.24, 2.45) is 5.92 Å². The Bertz CT molecular complexity index is 331. The molecule has 4 heteroatoms. The van der Waals surface area contributed by atoms with Crippen LogP contribution < -0.4 is 5.32 Å².